The Morgan fingerprint density at radius 1 is 0.593 bits per heavy atom. The standard InChI is InChI=1S/C50H83N2O6P/c1-6-8-10-12-14-16-17-18-19-20-21-22-23-24-25-26-27-28-29-30-31-32-33-34-35-36-38-40-42-44-50(54)51-48(47-58-59(55,56)57-46-45-52(3,4)5)49(53)43-41-39-37-15-13-11-9-7-2/h8,10,14,16,18-19,21-22,24-25,27-28,30-31,33-34,36,38,41,43,48-49,53H,6-7,9,11-13,15,17,20,23,26,29,32,35,37,39-40,42,44-47H2,1-5H3,(H-,51,54,55,56)/p+1/b10-8-,16-14-,19-18-,22-21-,25-24-,28-27-,31-30-,34-33-,38-36-,43-41+. The summed E-state index contributed by atoms with van der Waals surface area (Å²) in [6.07, 6.45) is 60.1. The molecule has 0 spiro atoms. The average molecular weight is 840 g/mol. The van der Waals surface area contributed by atoms with Crippen LogP contribution in [0.15, 0.2) is 122 Å². The molecule has 1 amide bonds. The summed E-state index contributed by atoms with van der Waals surface area (Å²) in [6, 6.07) is -0.883. The summed E-state index contributed by atoms with van der Waals surface area (Å²) in [6.45, 7) is 4.57. The Hall–Kier alpha value is -3.10. The number of nitrogens with zero attached hydrogens (tertiary/aromatic N) is 1. The van der Waals surface area contributed by atoms with Crippen LogP contribution in [0.3, 0.4) is 0 Å². The Bertz CT molecular complexity index is 1370. The molecule has 0 saturated heterocycles. The summed E-state index contributed by atoms with van der Waals surface area (Å²) < 4.78 is 23.4. The van der Waals surface area contributed by atoms with Crippen molar-refractivity contribution in [2.45, 2.75) is 148 Å². The maximum atomic E-state index is 12.8. The van der Waals surface area contributed by atoms with Gasteiger partial charge in [-0.1, -0.05) is 167 Å². The van der Waals surface area contributed by atoms with Crippen molar-refractivity contribution in [2.24, 2.45) is 0 Å². The minimum Gasteiger partial charge on any atom is -0.387 e. The molecule has 59 heavy (non-hydrogen) atoms. The number of rotatable bonds is 38. The molecule has 3 atom stereocenters. The first-order valence-electron chi connectivity index (χ1n) is 22.4. The zero-order chi connectivity index (χ0) is 43.6. The molecule has 0 heterocycles. The fourth-order valence-electron chi connectivity index (χ4n) is 5.39. The quantitative estimate of drug-likeness (QED) is 0.0248. The van der Waals surface area contributed by atoms with E-state index in [4.69, 9.17) is 9.05 Å². The lowest BCUT2D eigenvalue weighted by Crippen LogP contribution is -2.45. The van der Waals surface area contributed by atoms with Gasteiger partial charge in [-0.15, -0.1) is 0 Å². The van der Waals surface area contributed by atoms with Crippen LogP contribution in [0.2, 0.25) is 0 Å². The van der Waals surface area contributed by atoms with E-state index < -0.39 is 20.0 Å². The number of hydrogen-bond donors (Lipinski definition) is 3. The zero-order valence-electron chi connectivity index (χ0n) is 37.7. The van der Waals surface area contributed by atoms with E-state index in [0.29, 0.717) is 17.4 Å². The number of carbonyl (C=O) groups excluding carboxylic acids is 1. The van der Waals surface area contributed by atoms with Gasteiger partial charge >= 0.3 is 7.82 Å². The van der Waals surface area contributed by atoms with Crippen molar-refractivity contribution < 1.29 is 32.9 Å². The van der Waals surface area contributed by atoms with Gasteiger partial charge in [-0.2, -0.15) is 0 Å². The number of aliphatic hydroxyl groups is 1. The molecule has 0 fully saturated rings. The van der Waals surface area contributed by atoms with Crippen LogP contribution in [0.5, 0.6) is 0 Å². The number of aliphatic hydroxyl groups excluding tert-OH is 1. The predicted molar refractivity (Wildman–Crippen MR) is 253 cm³/mol. The minimum atomic E-state index is -4.35. The van der Waals surface area contributed by atoms with E-state index in [1.165, 1.54) is 25.7 Å². The van der Waals surface area contributed by atoms with Crippen molar-refractivity contribution in [2.75, 3.05) is 40.9 Å². The maximum Gasteiger partial charge on any atom is 0.472 e. The van der Waals surface area contributed by atoms with Crippen LogP contribution in [-0.2, 0) is 18.4 Å². The van der Waals surface area contributed by atoms with Gasteiger partial charge in [0, 0.05) is 6.42 Å². The fraction of sp³-hybridized carbons (Fsp3) is 0.580. The number of hydrogen-bond acceptors (Lipinski definition) is 5. The number of phosphoric ester groups is 1. The van der Waals surface area contributed by atoms with Gasteiger partial charge in [-0.05, 0) is 83.5 Å². The molecular formula is C50H84N2O6P+. The topological polar surface area (TPSA) is 105 Å². The normalized spacial score (nSPS) is 15.4. The van der Waals surface area contributed by atoms with Crippen LogP contribution >= 0.6 is 7.82 Å². The second-order valence-corrected chi connectivity index (χ2v) is 17.1. The lowest BCUT2D eigenvalue weighted by atomic mass is 10.1. The highest BCUT2D eigenvalue weighted by Crippen LogP contribution is 2.43. The maximum absolute atomic E-state index is 12.8. The highest BCUT2D eigenvalue weighted by atomic mass is 31.2. The van der Waals surface area contributed by atoms with Crippen LogP contribution in [0.1, 0.15) is 136 Å². The van der Waals surface area contributed by atoms with Crippen molar-refractivity contribution in [3.05, 3.63) is 122 Å². The third-order valence-electron chi connectivity index (χ3n) is 8.94. The molecule has 0 bridgehead atoms. The SMILES string of the molecule is CC/C=C\C/C=C\C/C=C\C/C=C\C/C=C\C/C=C\C/C=C\C/C=C\C/C=C\CCCC(=O)NC(COP(=O)(O)OCC[N+](C)(C)C)C(O)/C=C/CCCCCCCC. The van der Waals surface area contributed by atoms with E-state index in [0.717, 1.165) is 83.5 Å². The molecule has 0 aliphatic carbocycles. The van der Waals surface area contributed by atoms with E-state index in [2.05, 4.69) is 129 Å². The number of unbranched alkanes of at least 4 members (excludes halogenated alkanes) is 7. The highest BCUT2D eigenvalue weighted by Gasteiger charge is 2.27. The zero-order valence-corrected chi connectivity index (χ0v) is 38.6. The van der Waals surface area contributed by atoms with Gasteiger partial charge in [0.1, 0.15) is 13.2 Å². The molecule has 334 valence electrons. The van der Waals surface area contributed by atoms with Gasteiger partial charge in [0.05, 0.1) is 39.9 Å². The Morgan fingerprint density at radius 3 is 1.47 bits per heavy atom. The van der Waals surface area contributed by atoms with Gasteiger partial charge in [-0.25, -0.2) is 4.57 Å². The molecule has 0 radical (unpaired) electrons. The van der Waals surface area contributed by atoms with Crippen LogP contribution < -0.4 is 5.32 Å². The second-order valence-electron chi connectivity index (χ2n) is 15.7. The first kappa shape index (κ1) is 55.9. The predicted octanol–water partition coefficient (Wildman–Crippen LogP) is 12.7. The Kier molecular flexibility index (Phi) is 38.2. The second kappa shape index (κ2) is 40.3. The molecule has 8 nitrogen and oxygen atoms in total. The van der Waals surface area contributed by atoms with E-state index in [-0.39, 0.29) is 25.5 Å². The van der Waals surface area contributed by atoms with Crippen molar-refractivity contribution in [1.29, 1.82) is 0 Å². The molecule has 0 aromatic rings. The summed E-state index contributed by atoms with van der Waals surface area (Å²) in [5.74, 6) is -0.246. The van der Waals surface area contributed by atoms with Gasteiger partial charge in [0.2, 0.25) is 5.91 Å². The summed E-state index contributed by atoms with van der Waals surface area (Å²) in [4.78, 5) is 23.0. The van der Waals surface area contributed by atoms with Gasteiger partial charge < -0.3 is 19.8 Å². The van der Waals surface area contributed by atoms with Gasteiger partial charge in [0.15, 0.2) is 0 Å². The monoisotopic (exact) mass is 840 g/mol. The summed E-state index contributed by atoms with van der Waals surface area (Å²) in [7, 11) is 1.51. The van der Waals surface area contributed by atoms with Gasteiger partial charge in [0.25, 0.3) is 0 Å². The molecule has 0 aliphatic heterocycles. The average Bonchev–Trinajstić information content (AvgIpc) is 3.19. The first-order chi connectivity index (χ1) is 28.5. The smallest absolute Gasteiger partial charge is 0.387 e. The molecule has 0 aliphatic rings. The molecule has 9 heteroatoms. The number of quaternary nitrogens is 1. The largest absolute Gasteiger partial charge is 0.472 e. The van der Waals surface area contributed by atoms with Gasteiger partial charge in [-0.3, -0.25) is 13.8 Å². The van der Waals surface area contributed by atoms with E-state index in [1.54, 1.807) is 6.08 Å². The molecule has 3 N–H and O–H groups in total. The summed E-state index contributed by atoms with van der Waals surface area (Å²) in [5.41, 5.74) is 0. The Morgan fingerprint density at radius 2 is 1.02 bits per heavy atom. The summed E-state index contributed by atoms with van der Waals surface area (Å²) in [5, 5.41) is 13.7. The number of nitrogens with one attached hydrogen (secondary N) is 1. The van der Waals surface area contributed by atoms with Crippen LogP contribution in [-0.4, -0.2) is 73.4 Å². The third kappa shape index (κ3) is 42.8. The van der Waals surface area contributed by atoms with Crippen LogP contribution in [0, 0.1) is 0 Å². The molecule has 0 aromatic carbocycles. The van der Waals surface area contributed by atoms with Crippen molar-refractivity contribution in [3.8, 4) is 0 Å². The molecular weight excluding hydrogens is 756 g/mol. The molecule has 3 unspecified atom stereocenters. The Balaban J connectivity index is 4.36. The molecule has 0 aromatic heterocycles. The number of allylic oxidation sites excluding steroid dienone is 19. The Labute approximate surface area is 361 Å². The molecule has 0 rings (SSSR count). The van der Waals surface area contributed by atoms with E-state index in [9.17, 15) is 19.4 Å². The van der Waals surface area contributed by atoms with Crippen molar-refractivity contribution >= 4 is 13.7 Å². The third-order valence-corrected chi connectivity index (χ3v) is 9.92. The fourth-order valence-corrected chi connectivity index (χ4v) is 6.13. The lowest BCUT2D eigenvalue weighted by molar-refractivity contribution is -0.870. The number of phosphoric acid groups is 1. The lowest BCUT2D eigenvalue weighted by Gasteiger charge is -2.25. The number of likely N-dealkylation sites (N-methyl/N-ethyl adjacent to an activating group) is 1. The molecule has 0 saturated carbocycles. The highest BCUT2D eigenvalue weighted by molar-refractivity contribution is 7.47. The van der Waals surface area contributed by atoms with Crippen LogP contribution in [0.25, 0.3) is 0 Å². The van der Waals surface area contributed by atoms with Crippen LogP contribution in [0.4, 0.5) is 0 Å². The first-order valence-corrected chi connectivity index (χ1v) is 23.9. The van der Waals surface area contributed by atoms with E-state index in [1.807, 2.05) is 27.2 Å². The summed E-state index contributed by atoms with van der Waals surface area (Å²) >= 11 is 0. The number of carbonyl (C=O) groups is 1. The minimum absolute atomic E-state index is 0.0428. The van der Waals surface area contributed by atoms with Crippen molar-refractivity contribution in [3.63, 3.8) is 0 Å². The number of amides is 1. The van der Waals surface area contributed by atoms with E-state index >= 15 is 0 Å². The van der Waals surface area contributed by atoms with Crippen molar-refractivity contribution in [1.82, 2.24) is 5.32 Å².